The molecule has 0 amide bonds. The molecule has 0 heterocycles. The molecule has 0 aromatic heterocycles. The van der Waals surface area contributed by atoms with Gasteiger partial charge in [0.1, 0.15) is 0 Å². The summed E-state index contributed by atoms with van der Waals surface area (Å²) in [6, 6.07) is 0. The van der Waals surface area contributed by atoms with Crippen LogP contribution in [0.1, 0.15) is 26.7 Å². The highest BCUT2D eigenvalue weighted by Crippen LogP contribution is 2.47. The zero-order valence-electron chi connectivity index (χ0n) is 9.24. The molecule has 1 rings (SSSR count). The van der Waals surface area contributed by atoms with Crippen molar-refractivity contribution in [3.63, 3.8) is 0 Å². The van der Waals surface area contributed by atoms with E-state index in [2.05, 4.69) is 15.9 Å². The number of alkyl halides is 1. The SMILES string of the molecule is CCC1(C(=O)O)C=CC(Br)C(C)(C(=O)O)C1. The van der Waals surface area contributed by atoms with E-state index in [1.54, 1.807) is 26.0 Å². The standard InChI is InChI=1S/C11H15BrO4/c1-3-11(9(15)16)5-4-7(12)10(2,6-11)8(13)14/h4-5,7H,3,6H2,1-2H3,(H,13,14)(H,15,16). The molecule has 0 aromatic carbocycles. The van der Waals surface area contributed by atoms with E-state index in [4.69, 9.17) is 0 Å². The molecule has 0 saturated carbocycles. The molecule has 90 valence electrons. The molecule has 0 radical (unpaired) electrons. The largest absolute Gasteiger partial charge is 0.481 e. The number of carboxylic acids is 2. The van der Waals surface area contributed by atoms with Gasteiger partial charge in [-0.3, -0.25) is 9.59 Å². The molecule has 3 unspecified atom stereocenters. The van der Waals surface area contributed by atoms with Crippen molar-refractivity contribution in [2.75, 3.05) is 0 Å². The molecule has 16 heavy (non-hydrogen) atoms. The quantitative estimate of drug-likeness (QED) is 0.618. The number of carboxylic acid groups (broad SMARTS) is 2. The first-order valence-electron chi connectivity index (χ1n) is 5.09. The van der Waals surface area contributed by atoms with E-state index in [0.717, 1.165) is 0 Å². The third kappa shape index (κ3) is 1.88. The van der Waals surface area contributed by atoms with Gasteiger partial charge in [-0.2, -0.15) is 0 Å². The van der Waals surface area contributed by atoms with E-state index < -0.39 is 22.8 Å². The monoisotopic (exact) mass is 290 g/mol. The minimum atomic E-state index is -1.08. The van der Waals surface area contributed by atoms with E-state index in [-0.39, 0.29) is 11.2 Å². The first-order chi connectivity index (χ1) is 7.28. The molecule has 0 aromatic rings. The predicted octanol–water partition coefficient (Wildman–Crippen LogP) is 2.28. The van der Waals surface area contributed by atoms with Crippen LogP contribution in [0.5, 0.6) is 0 Å². The van der Waals surface area contributed by atoms with Gasteiger partial charge in [-0.05, 0) is 19.8 Å². The van der Waals surface area contributed by atoms with Crippen LogP contribution in [-0.2, 0) is 9.59 Å². The van der Waals surface area contributed by atoms with Gasteiger partial charge < -0.3 is 10.2 Å². The van der Waals surface area contributed by atoms with E-state index >= 15 is 0 Å². The van der Waals surface area contributed by atoms with Crippen LogP contribution in [0.25, 0.3) is 0 Å². The Morgan fingerprint density at radius 2 is 2.00 bits per heavy atom. The Morgan fingerprint density at radius 1 is 1.44 bits per heavy atom. The van der Waals surface area contributed by atoms with Crippen LogP contribution < -0.4 is 0 Å². The number of rotatable bonds is 3. The number of hydrogen-bond acceptors (Lipinski definition) is 2. The Balaban J connectivity index is 3.19. The van der Waals surface area contributed by atoms with Gasteiger partial charge >= 0.3 is 11.9 Å². The average molecular weight is 291 g/mol. The summed E-state index contributed by atoms with van der Waals surface area (Å²) in [7, 11) is 0. The molecule has 1 aliphatic rings. The van der Waals surface area contributed by atoms with E-state index in [0.29, 0.717) is 6.42 Å². The van der Waals surface area contributed by atoms with Crippen LogP contribution in [0.4, 0.5) is 0 Å². The Bertz CT molecular complexity index is 352. The highest BCUT2D eigenvalue weighted by Gasteiger charge is 2.51. The number of allylic oxidation sites excluding steroid dienone is 1. The van der Waals surface area contributed by atoms with Gasteiger partial charge in [-0.1, -0.05) is 35.0 Å². The zero-order chi connectivity index (χ0) is 12.6. The molecule has 2 N–H and O–H groups in total. The van der Waals surface area contributed by atoms with Crippen LogP contribution in [0.2, 0.25) is 0 Å². The minimum Gasteiger partial charge on any atom is -0.481 e. The molecule has 1 aliphatic carbocycles. The number of aliphatic carboxylic acids is 2. The lowest BCUT2D eigenvalue weighted by Gasteiger charge is -2.40. The predicted molar refractivity (Wildman–Crippen MR) is 62.6 cm³/mol. The maximum absolute atomic E-state index is 11.3. The molecule has 5 heteroatoms. The molecular formula is C11H15BrO4. The molecule has 0 spiro atoms. The first kappa shape index (κ1) is 13.2. The Kier molecular flexibility index (Phi) is 3.47. The van der Waals surface area contributed by atoms with Crippen molar-refractivity contribution >= 4 is 27.9 Å². The topological polar surface area (TPSA) is 74.6 Å². The Morgan fingerprint density at radius 3 is 2.38 bits per heavy atom. The number of halogens is 1. The Labute approximate surface area is 102 Å². The third-order valence-corrected chi connectivity index (χ3v) is 4.74. The summed E-state index contributed by atoms with van der Waals surface area (Å²) in [4.78, 5) is 22.2. The second-order valence-corrected chi connectivity index (χ2v) is 5.46. The van der Waals surface area contributed by atoms with Gasteiger partial charge in [0, 0.05) is 4.83 Å². The molecule has 0 fully saturated rings. The fraction of sp³-hybridized carbons (Fsp3) is 0.636. The van der Waals surface area contributed by atoms with Crippen LogP contribution >= 0.6 is 15.9 Å². The highest BCUT2D eigenvalue weighted by atomic mass is 79.9. The molecular weight excluding hydrogens is 276 g/mol. The summed E-state index contributed by atoms with van der Waals surface area (Å²) in [6.45, 7) is 3.33. The second kappa shape index (κ2) is 4.20. The van der Waals surface area contributed by atoms with Crippen molar-refractivity contribution < 1.29 is 19.8 Å². The van der Waals surface area contributed by atoms with Crippen LogP contribution in [0.15, 0.2) is 12.2 Å². The smallest absolute Gasteiger partial charge is 0.313 e. The molecule has 4 nitrogen and oxygen atoms in total. The van der Waals surface area contributed by atoms with Gasteiger partial charge in [-0.15, -0.1) is 0 Å². The van der Waals surface area contributed by atoms with E-state index in [9.17, 15) is 19.8 Å². The van der Waals surface area contributed by atoms with Crippen LogP contribution in [0.3, 0.4) is 0 Å². The van der Waals surface area contributed by atoms with Gasteiger partial charge in [-0.25, -0.2) is 0 Å². The molecule has 0 saturated heterocycles. The summed E-state index contributed by atoms with van der Waals surface area (Å²) in [5, 5.41) is 18.5. The van der Waals surface area contributed by atoms with Crippen molar-refractivity contribution in [1.29, 1.82) is 0 Å². The number of carbonyl (C=O) groups is 2. The van der Waals surface area contributed by atoms with Crippen molar-refractivity contribution in [2.45, 2.75) is 31.5 Å². The van der Waals surface area contributed by atoms with Crippen molar-refractivity contribution in [1.82, 2.24) is 0 Å². The summed E-state index contributed by atoms with van der Waals surface area (Å²) < 4.78 is 0. The lowest BCUT2D eigenvalue weighted by molar-refractivity contribution is -0.155. The van der Waals surface area contributed by atoms with Gasteiger partial charge in [0.05, 0.1) is 10.8 Å². The first-order valence-corrected chi connectivity index (χ1v) is 6.00. The van der Waals surface area contributed by atoms with Gasteiger partial charge in [0.25, 0.3) is 0 Å². The minimum absolute atomic E-state index is 0.105. The Hall–Kier alpha value is -0.840. The fourth-order valence-corrected chi connectivity index (χ4v) is 2.54. The summed E-state index contributed by atoms with van der Waals surface area (Å²) in [6.07, 6.45) is 3.74. The maximum atomic E-state index is 11.3. The molecule has 3 atom stereocenters. The zero-order valence-corrected chi connectivity index (χ0v) is 10.8. The lowest BCUT2D eigenvalue weighted by Crippen LogP contribution is -2.46. The van der Waals surface area contributed by atoms with Crippen LogP contribution in [0, 0.1) is 10.8 Å². The lowest BCUT2D eigenvalue weighted by atomic mass is 9.65. The molecule has 0 bridgehead atoms. The fourth-order valence-electron chi connectivity index (χ4n) is 2.03. The third-order valence-electron chi connectivity index (χ3n) is 3.42. The maximum Gasteiger partial charge on any atom is 0.313 e. The number of hydrogen-bond donors (Lipinski definition) is 2. The second-order valence-electron chi connectivity index (χ2n) is 4.48. The highest BCUT2D eigenvalue weighted by molar-refractivity contribution is 9.09. The van der Waals surface area contributed by atoms with Gasteiger partial charge in [0.15, 0.2) is 0 Å². The summed E-state index contributed by atoms with van der Waals surface area (Å²) >= 11 is 3.28. The van der Waals surface area contributed by atoms with Crippen molar-refractivity contribution in [3.05, 3.63) is 12.2 Å². The molecule has 0 aliphatic heterocycles. The summed E-state index contributed by atoms with van der Waals surface area (Å²) in [5.74, 6) is -1.93. The van der Waals surface area contributed by atoms with Crippen molar-refractivity contribution in [3.8, 4) is 0 Å². The van der Waals surface area contributed by atoms with Crippen LogP contribution in [-0.4, -0.2) is 27.0 Å². The van der Waals surface area contributed by atoms with E-state index in [1.807, 2.05) is 0 Å². The van der Waals surface area contributed by atoms with Crippen molar-refractivity contribution in [2.24, 2.45) is 10.8 Å². The van der Waals surface area contributed by atoms with Gasteiger partial charge in [0.2, 0.25) is 0 Å². The van der Waals surface area contributed by atoms with E-state index in [1.165, 1.54) is 0 Å². The normalized spacial score (nSPS) is 38.3. The summed E-state index contributed by atoms with van der Waals surface area (Å²) in [5.41, 5.74) is -2.14. The average Bonchev–Trinajstić information content (AvgIpc) is 2.22.